The summed E-state index contributed by atoms with van der Waals surface area (Å²) in [5.41, 5.74) is 1.83. The molecular formula is C25H28N2O3. The first-order chi connectivity index (χ1) is 14.6. The van der Waals surface area contributed by atoms with Gasteiger partial charge in [0.2, 0.25) is 0 Å². The zero-order valence-corrected chi connectivity index (χ0v) is 17.5. The number of aliphatic hydroxyl groups excluding tert-OH is 1. The molecule has 0 fully saturated rings. The van der Waals surface area contributed by atoms with Gasteiger partial charge >= 0.3 is 0 Å². The summed E-state index contributed by atoms with van der Waals surface area (Å²) in [6, 6.07) is 18.3. The van der Waals surface area contributed by atoms with E-state index in [1.807, 2.05) is 60.7 Å². The van der Waals surface area contributed by atoms with Crippen LogP contribution in [-0.2, 0) is 9.59 Å². The van der Waals surface area contributed by atoms with Gasteiger partial charge in [-0.1, -0.05) is 80.6 Å². The Bertz CT molecular complexity index is 931. The second-order valence-electron chi connectivity index (χ2n) is 7.21. The largest absolute Gasteiger partial charge is 0.503 e. The average Bonchev–Trinajstić information content (AvgIpc) is 3.04. The number of hydrogen-bond acceptors (Lipinski definition) is 4. The van der Waals surface area contributed by atoms with Gasteiger partial charge in [-0.05, 0) is 30.3 Å². The number of likely N-dealkylation sites (N-methyl/N-ethyl adjacent to an activating group) is 1. The van der Waals surface area contributed by atoms with Crippen LogP contribution in [0, 0.1) is 0 Å². The minimum atomic E-state index is -0.595. The molecule has 0 unspecified atom stereocenters. The van der Waals surface area contributed by atoms with Gasteiger partial charge in [0.1, 0.15) is 0 Å². The number of rotatable bonds is 9. The summed E-state index contributed by atoms with van der Waals surface area (Å²) < 4.78 is 0. The lowest BCUT2D eigenvalue weighted by molar-refractivity contribution is -0.129. The minimum absolute atomic E-state index is 0.137. The molecule has 1 aliphatic heterocycles. The standard InChI is InChI=1S/C25H28N2O3/c1-3-26(4-2)17-18-27-23(20-13-9-6-10-14-20)22(24(29)25(27)30)21(28)16-15-19-11-7-5-8-12-19/h5-16,23,29H,3-4,17-18H2,1-2H3/b16-15+/t23-/m0/s1. The highest BCUT2D eigenvalue weighted by Gasteiger charge is 2.42. The van der Waals surface area contributed by atoms with Gasteiger partial charge in [-0.2, -0.15) is 0 Å². The molecule has 0 saturated carbocycles. The van der Waals surface area contributed by atoms with Crippen LogP contribution in [-0.4, -0.2) is 52.8 Å². The van der Waals surface area contributed by atoms with E-state index in [1.54, 1.807) is 11.0 Å². The molecule has 2 aromatic carbocycles. The Morgan fingerprint density at radius 2 is 1.63 bits per heavy atom. The Morgan fingerprint density at radius 3 is 2.23 bits per heavy atom. The summed E-state index contributed by atoms with van der Waals surface area (Å²) in [6.45, 7) is 7.01. The van der Waals surface area contributed by atoms with Crippen LogP contribution in [0.15, 0.2) is 78.1 Å². The topological polar surface area (TPSA) is 60.9 Å². The Kier molecular flexibility index (Phi) is 7.20. The predicted molar refractivity (Wildman–Crippen MR) is 119 cm³/mol. The van der Waals surface area contributed by atoms with E-state index >= 15 is 0 Å². The molecule has 0 bridgehead atoms. The van der Waals surface area contributed by atoms with Crippen molar-refractivity contribution in [1.82, 2.24) is 9.80 Å². The number of nitrogens with zero attached hydrogens (tertiary/aromatic N) is 2. The highest BCUT2D eigenvalue weighted by Crippen LogP contribution is 2.37. The fourth-order valence-corrected chi connectivity index (χ4v) is 3.73. The molecule has 0 spiro atoms. The van der Waals surface area contributed by atoms with Crippen molar-refractivity contribution in [2.45, 2.75) is 19.9 Å². The smallest absolute Gasteiger partial charge is 0.290 e. The third-order valence-electron chi connectivity index (χ3n) is 5.46. The van der Waals surface area contributed by atoms with Gasteiger partial charge in [-0.15, -0.1) is 0 Å². The number of carbonyl (C=O) groups is 2. The van der Waals surface area contributed by atoms with Crippen molar-refractivity contribution in [1.29, 1.82) is 0 Å². The fourth-order valence-electron chi connectivity index (χ4n) is 3.73. The molecule has 0 aliphatic carbocycles. The van der Waals surface area contributed by atoms with Gasteiger partial charge < -0.3 is 14.9 Å². The van der Waals surface area contributed by atoms with Crippen molar-refractivity contribution in [3.05, 3.63) is 89.2 Å². The maximum atomic E-state index is 13.1. The number of carbonyl (C=O) groups excluding carboxylic acids is 2. The van der Waals surface area contributed by atoms with Gasteiger partial charge in [-0.25, -0.2) is 0 Å². The van der Waals surface area contributed by atoms with Crippen molar-refractivity contribution in [3.8, 4) is 0 Å². The van der Waals surface area contributed by atoms with Gasteiger partial charge in [0.05, 0.1) is 11.6 Å². The number of aliphatic hydroxyl groups is 1. The third kappa shape index (κ3) is 4.69. The maximum Gasteiger partial charge on any atom is 0.290 e. The first-order valence-electron chi connectivity index (χ1n) is 10.4. The molecular weight excluding hydrogens is 376 g/mol. The van der Waals surface area contributed by atoms with E-state index in [1.165, 1.54) is 6.08 Å². The summed E-state index contributed by atoms with van der Waals surface area (Å²) in [7, 11) is 0. The highest BCUT2D eigenvalue weighted by molar-refractivity contribution is 6.14. The number of amides is 1. The number of ketones is 1. The van der Waals surface area contributed by atoms with E-state index in [-0.39, 0.29) is 11.4 Å². The lowest BCUT2D eigenvalue weighted by Crippen LogP contribution is -2.38. The Hall–Kier alpha value is -3.18. The predicted octanol–water partition coefficient (Wildman–Crippen LogP) is 4.01. The number of hydrogen-bond donors (Lipinski definition) is 1. The lowest BCUT2D eigenvalue weighted by Gasteiger charge is -2.29. The molecule has 3 rings (SSSR count). The molecule has 5 nitrogen and oxygen atoms in total. The molecule has 0 aromatic heterocycles. The van der Waals surface area contributed by atoms with Crippen LogP contribution >= 0.6 is 0 Å². The summed E-state index contributed by atoms with van der Waals surface area (Å²) in [4.78, 5) is 29.8. The second-order valence-corrected chi connectivity index (χ2v) is 7.21. The molecule has 0 radical (unpaired) electrons. The van der Waals surface area contributed by atoms with Crippen molar-refractivity contribution < 1.29 is 14.7 Å². The Balaban J connectivity index is 1.92. The molecule has 5 heteroatoms. The molecule has 156 valence electrons. The normalized spacial score (nSPS) is 16.8. The quantitative estimate of drug-likeness (QED) is 0.642. The zero-order chi connectivity index (χ0) is 21.5. The average molecular weight is 405 g/mol. The van der Waals surface area contributed by atoms with E-state index in [2.05, 4.69) is 18.7 Å². The molecule has 1 N–H and O–H groups in total. The Morgan fingerprint density at radius 1 is 1.03 bits per heavy atom. The first-order valence-corrected chi connectivity index (χ1v) is 10.4. The second kappa shape index (κ2) is 10.0. The van der Waals surface area contributed by atoms with Crippen molar-refractivity contribution >= 4 is 17.8 Å². The molecule has 30 heavy (non-hydrogen) atoms. The number of benzene rings is 2. The summed E-state index contributed by atoms with van der Waals surface area (Å²) in [5.74, 6) is -1.30. The molecule has 0 saturated heterocycles. The SMILES string of the molecule is CCN(CC)CCN1C(=O)C(O)=C(C(=O)/C=C/c2ccccc2)[C@@H]1c1ccccc1. The van der Waals surface area contributed by atoms with Crippen molar-refractivity contribution in [3.63, 3.8) is 0 Å². The monoisotopic (exact) mass is 404 g/mol. The summed E-state index contributed by atoms with van der Waals surface area (Å²) >= 11 is 0. The van der Waals surface area contributed by atoms with Gasteiger partial charge in [0, 0.05) is 13.1 Å². The lowest BCUT2D eigenvalue weighted by atomic mass is 9.95. The summed E-state index contributed by atoms with van der Waals surface area (Å²) in [5, 5.41) is 10.6. The van der Waals surface area contributed by atoms with E-state index in [0.29, 0.717) is 13.1 Å². The number of allylic oxidation sites excluding steroid dienone is 1. The van der Waals surface area contributed by atoms with E-state index in [0.717, 1.165) is 24.2 Å². The van der Waals surface area contributed by atoms with Gasteiger partial charge in [0.25, 0.3) is 5.91 Å². The molecule has 1 heterocycles. The third-order valence-corrected chi connectivity index (χ3v) is 5.46. The van der Waals surface area contributed by atoms with Crippen LogP contribution in [0.2, 0.25) is 0 Å². The van der Waals surface area contributed by atoms with Crippen molar-refractivity contribution in [2.75, 3.05) is 26.2 Å². The van der Waals surface area contributed by atoms with Crippen LogP contribution in [0.3, 0.4) is 0 Å². The van der Waals surface area contributed by atoms with Crippen LogP contribution in [0.1, 0.15) is 31.0 Å². The van der Waals surface area contributed by atoms with Crippen LogP contribution < -0.4 is 0 Å². The van der Waals surface area contributed by atoms with Gasteiger partial charge in [-0.3, -0.25) is 9.59 Å². The first kappa shape index (κ1) is 21.5. The van der Waals surface area contributed by atoms with Gasteiger partial charge in [0.15, 0.2) is 11.5 Å². The molecule has 1 aliphatic rings. The summed E-state index contributed by atoms with van der Waals surface area (Å²) in [6.07, 6.45) is 3.13. The van der Waals surface area contributed by atoms with E-state index in [9.17, 15) is 14.7 Å². The molecule has 1 atom stereocenters. The highest BCUT2D eigenvalue weighted by atomic mass is 16.3. The molecule has 2 aromatic rings. The van der Waals surface area contributed by atoms with Crippen LogP contribution in [0.5, 0.6) is 0 Å². The maximum absolute atomic E-state index is 13.1. The van der Waals surface area contributed by atoms with Crippen LogP contribution in [0.25, 0.3) is 6.08 Å². The van der Waals surface area contributed by atoms with Crippen molar-refractivity contribution in [2.24, 2.45) is 0 Å². The minimum Gasteiger partial charge on any atom is -0.503 e. The fraction of sp³-hybridized carbons (Fsp3) is 0.280. The van der Waals surface area contributed by atoms with E-state index < -0.39 is 17.7 Å². The zero-order valence-electron chi connectivity index (χ0n) is 17.5. The van der Waals surface area contributed by atoms with E-state index in [4.69, 9.17) is 0 Å². The molecule has 1 amide bonds. The Labute approximate surface area is 177 Å². The van der Waals surface area contributed by atoms with Crippen LogP contribution in [0.4, 0.5) is 0 Å².